The third kappa shape index (κ3) is 2.47. The molecule has 0 spiro atoms. The van der Waals surface area contributed by atoms with E-state index in [1.807, 2.05) is 13.8 Å². The maximum Gasteiger partial charge on any atom is 0.416 e. The highest BCUT2D eigenvalue weighted by atomic mass is 19.4. The van der Waals surface area contributed by atoms with Crippen LogP contribution >= 0.6 is 0 Å². The lowest BCUT2D eigenvalue weighted by Crippen LogP contribution is -2.04. The average molecular weight is 188 g/mol. The van der Waals surface area contributed by atoms with Crippen LogP contribution in [0.2, 0.25) is 0 Å². The molecule has 0 fully saturated rings. The van der Waals surface area contributed by atoms with Crippen LogP contribution in [0.4, 0.5) is 13.2 Å². The first-order chi connectivity index (χ1) is 5.91. The maximum atomic E-state index is 12.1. The highest BCUT2D eigenvalue weighted by Crippen LogP contribution is 2.29. The Labute approximate surface area is 75.4 Å². The molecule has 0 heterocycles. The predicted molar refractivity (Wildman–Crippen MR) is 45.5 cm³/mol. The van der Waals surface area contributed by atoms with E-state index in [-0.39, 0.29) is 5.92 Å². The van der Waals surface area contributed by atoms with Gasteiger partial charge in [-0.15, -0.1) is 0 Å². The van der Waals surface area contributed by atoms with Gasteiger partial charge in [0.2, 0.25) is 0 Å². The molecule has 3 heteroatoms. The van der Waals surface area contributed by atoms with Crippen molar-refractivity contribution >= 4 is 0 Å². The second-order valence-electron chi connectivity index (χ2n) is 3.27. The molecule has 0 amide bonds. The van der Waals surface area contributed by atoms with Crippen molar-refractivity contribution < 1.29 is 13.2 Å². The summed E-state index contributed by atoms with van der Waals surface area (Å²) in [5, 5.41) is 0. The first-order valence-electron chi connectivity index (χ1n) is 4.08. The van der Waals surface area contributed by atoms with E-state index in [0.29, 0.717) is 0 Å². The van der Waals surface area contributed by atoms with E-state index in [1.165, 1.54) is 12.1 Å². The first-order valence-corrected chi connectivity index (χ1v) is 4.08. The van der Waals surface area contributed by atoms with Crippen molar-refractivity contribution in [2.75, 3.05) is 0 Å². The predicted octanol–water partition coefficient (Wildman–Crippen LogP) is 3.83. The quantitative estimate of drug-likeness (QED) is 0.628. The number of benzene rings is 1. The van der Waals surface area contributed by atoms with Gasteiger partial charge in [-0.1, -0.05) is 26.0 Å². The first kappa shape index (κ1) is 10.1. The van der Waals surface area contributed by atoms with Gasteiger partial charge in [0.25, 0.3) is 0 Å². The minimum atomic E-state index is -4.23. The average Bonchev–Trinajstić information content (AvgIpc) is 2.03. The van der Waals surface area contributed by atoms with Crippen LogP contribution in [0.5, 0.6) is 0 Å². The van der Waals surface area contributed by atoms with Crippen LogP contribution in [-0.4, -0.2) is 0 Å². The molecule has 0 aliphatic rings. The Kier molecular flexibility index (Phi) is 2.64. The summed E-state index contributed by atoms with van der Waals surface area (Å²) < 4.78 is 36.4. The molecule has 13 heavy (non-hydrogen) atoms. The monoisotopic (exact) mass is 188 g/mol. The van der Waals surface area contributed by atoms with Crippen molar-refractivity contribution in [2.45, 2.75) is 25.9 Å². The molecule has 0 aromatic heterocycles. The fraction of sp³-hybridized carbons (Fsp3) is 0.400. The van der Waals surface area contributed by atoms with Crippen molar-refractivity contribution in [3.63, 3.8) is 0 Å². The molecule has 0 aliphatic heterocycles. The van der Waals surface area contributed by atoms with E-state index >= 15 is 0 Å². The molecule has 0 radical (unpaired) electrons. The van der Waals surface area contributed by atoms with Crippen LogP contribution in [0.1, 0.15) is 30.9 Å². The van der Waals surface area contributed by atoms with E-state index in [4.69, 9.17) is 0 Å². The van der Waals surface area contributed by atoms with Crippen molar-refractivity contribution in [2.24, 2.45) is 0 Å². The van der Waals surface area contributed by atoms with Crippen molar-refractivity contribution in [1.82, 2.24) is 0 Å². The summed E-state index contributed by atoms with van der Waals surface area (Å²) in [5.41, 5.74) is 0.338. The van der Waals surface area contributed by atoms with Crippen LogP contribution in [-0.2, 0) is 6.18 Å². The summed E-state index contributed by atoms with van der Waals surface area (Å²) in [6, 6.07) is 5.28. The van der Waals surface area contributed by atoms with Gasteiger partial charge in [0, 0.05) is 0 Å². The van der Waals surface area contributed by atoms with E-state index < -0.39 is 11.7 Å². The van der Waals surface area contributed by atoms with Crippen LogP contribution in [0, 0.1) is 0 Å². The maximum absolute atomic E-state index is 12.1. The Bertz CT molecular complexity index is 269. The number of hydrogen-bond acceptors (Lipinski definition) is 0. The Balaban J connectivity index is 2.94. The van der Waals surface area contributed by atoms with Gasteiger partial charge in [0.05, 0.1) is 5.56 Å². The lowest BCUT2D eigenvalue weighted by molar-refractivity contribution is -0.137. The van der Waals surface area contributed by atoms with Gasteiger partial charge in [-0.25, -0.2) is 0 Å². The Morgan fingerprint density at radius 2 is 1.46 bits per heavy atom. The molecular formula is C10H11F3. The lowest BCUT2D eigenvalue weighted by atomic mass is 10.0. The van der Waals surface area contributed by atoms with Gasteiger partial charge in [0.15, 0.2) is 0 Å². The summed E-state index contributed by atoms with van der Waals surface area (Å²) in [6.45, 7) is 3.89. The molecule has 0 saturated heterocycles. The number of hydrogen-bond donors (Lipinski definition) is 0. The Hall–Kier alpha value is -0.990. The SMILES string of the molecule is CC(C)c1ccc(C(F)(F)F)cc1. The summed E-state index contributed by atoms with van der Waals surface area (Å²) in [5.74, 6) is 0.266. The minimum absolute atomic E-state index is 0.266. The van der Waals surface area contributed by atoms with Crippen LogP contribution in [0.3, 0.4) is 0 Å². The molecule has 1 aromatic carbocycles. The van der Waals surface area contributed by atoms with Crippen LogP contribution in [0.15, 0.2) is 24.3 Å². The number of rotatable bonds is 1. The highest BCUT2D eigenvalue weighted by Gasteiger charge is 2.29. The molecule has 0 unspecified atom stereocenters. The van der Waals surface area contributed by atoms with Crippen molar-refractivity contribution in [3.8, 4) is 0 Å². The molecule has 0 atom stereocenters. The standard InChI is InChI=1S/C10H11F3/c1-7(2)8-3-5-9(6-4-8)10(11,12)13/h3-7H,1-2H3. The number of alkyl halides is 3. The van der Waals surface area contributed by atoms with Crippen LogP contribution in [0.25, 0.3) is 0 Å². The fourth-order valence-corrected chi connectivity index (χ4v) is 1.06. The van der Waals surface area contributed by atoms with Gasteiger partial charge >= 0.3 is 6.18 Å². The molecule has 0 aliphatic carbocycles. The third-order valence-electron chi connectivity index (χ3n) is 1.90. The topological polar surface area (TPSA) is 0 Å². The molecular weight excluding hydrogens is 177 g/mol. The largest absolute Gasteiger partial charge is 0.416 e. The van der Waals surface area contributed by atoms with Crippen LogP contribution < -0.4 is 0 Å². The van der Waals surface area contributed by atoms with E-state index in [9.17, 15) is 13.2 Å². The van der Waals surface area contributed by atoms with Gasteiger partial charge in [0.1, 0.15) is 0 Å². The third-order valence-corrected chi connectivity index (χ3v) is 1.90. The van der Waals surface area contributed by atoms with Gasteiger partial charge in [-0.3, -0.25) is 0 Å². The van der Waals surface area contributed by atoms with Gasteiger partial charge < -0.3 is 0 Å². The van der Waals surface area contributed by atoms with E-state index in [0.717, 1.165) is 17.7 Å². The molecule has 0 N–H and O–H groups in total. The van der Waals surface area contributed by atoms with Crippen molar-refractivity contribution in [1.29, 1.82) is 0 Å². The van der Waals surface area contributed by atoms with Gasteiger partial charge in [-0.2, -0.15) is 13.2 Å². The fourth-order valence-electron chi connectivity index (χ4n) is 1.06. The van der Waals surface area contributed by atoms with Gasteiger partial charge in [-0.05, 0) is 23.6 Å². The Morgan fingerprint density at radius 1 is 1.00 bits per heavy atom. The summed E-state index contributed by atoms with van der Waals surface area (Å²) in [4.78, 5) is 0. The Morgan fingerprint density at radius 3 is 1.77 bits per heavy atom. The molecule has 1 rings (SSSR count). The smallest absolute Gasteiger partial charge is 0.166 e. The molecule has 0 bridgehead atoms. The summed E-state index contributed by atoms with van der Waals surface area (Å²) in [7, 11) is 0. The minimum Gasteiger partial charge on any atom is -0.166 e. The molecule has 0 saturated carbocycles. The lowest BCUT2D eigenvalue weighted by Gasteiger charge is -2.09. The normalized spacial score (nSPS) is 12.2. The highest BCUT2D eigenvalue weighted by molar-refractivity contribution is 5.26. The summed E-state index contributed by atoms with van der Waals surface area (Å²) in [6.07, 6.45) is -4.23. The van der Waals surface area contributed by atoms with E-state index in [1.54, 1.807) is 0 Å². The van der Waals surface area contributed by atoms with E-state index in [2.05, 4.69) is 0 Å². The number of halogens is 3. The molecule has 0 nitrogen and oxygen atoms in total. The zero-order valence-electron chi connectivity index (χ0n) is 7.52. The second-order valence-corrected chi connectivity index (χ2v) is 3.27. The molecule has 1 aromatic rings. The zero-order chi connectivity index (χ0) is 10.1. The van der Waals surface area contributed by atoms with Crippen molar-refractivity contribution in [3.05, 3.63) is 35.4 Å². The zero-order valence-corrected chi connectivity index (χ0v) is 7.52. The second kappa shape index (κ2) is 3.40. The summed E-state index contributed by atoms with van der Waals surface area (Å²) >= 11 is 0. The molecule has 72 valence electrons.